The van der Waals surface area contributed by atoms with E-state index in [2.05, 4.69) is 22.5 Å². The SMILES string of the molecule is C=CCc1cccc([C@H]2C3=CCn4c(=O)n(-c5ccccc5)c(=O)n4[C@@H]3C[C@@]3(Cl)C(=O)N(CBr)C(=O)[C@@]23Cl)c1O. The molecule has 0 spiro atoms. The van der Waals surface area contributed by atoms with E-state index in [1.165, 1.54) is 9.36 Å². The van der Waals surface area contributed by atoms with Gasteiger partial charge in [0.15, 0.2) is 9.75 Å². The third-order valence-electron chi connectivity index (χ3n) is 8.12. The zero-order valence-electron chi connectivity index (χ0n) is 21.0. The molecule has 2 amide bonds. The first-order chi connectivity index (χ1) is 19.1. The molecule has 2 fully saturated rings. The van der Waals surface area contributed by atoms with E-state index in [0.717, 1.165) is 9.47 Å². The molecule has 1 aromatic heterocycles. The summed E-state index contributed by atoms with van der Waals surface area (Å²) in [5, 5.41) is 11.4. The lowest BCUT2D eigenvalue weighted by atomic mass is 9.64. The second-order valence-electron chi connectivity index (χ2n) is 10.0. The van der Waals surface area contributed by atoms with Crippen LogP contribution >= 0.6 is 39.1 Å². The maximum absolute atomic E-state index is 13.9. The highest BCUT2D eigenvalue weighted by Gasteiger charge is 2.75. The summed E-state index contributed by atoms with van der Waals surface area (Å²) in [7, 11) is 0. The average molecular weight is 646 g/mol. The normalized spacial score (nSPS) is 27.2. The molecule has 1 saturated heterocycles. The van der Waals surface area contributed by atoms with Crippen LogP contribution in [-0.2, 0) is 22.6 Å². The third kappa shape index (κ3) is 3.33. The molecule has 3 aliphatic rings. The van der Waals surface area contributed by atoms with E-state index in [1.807, 2.05) is 0 Å². The first kappa shape index (κ1) is 26.9. The van der Waals surface area contributed by atoms with Crippen molar-refractivity contribution in [3.63, 3.8) is 0 Å². The Morgan fingerprint density at radius 1 is 1.02 bits per heavy atom. The van der Waals surface area contributed by atoms with E-state index in [4.69, 9.17) is 23.2 Å². The molecule has 12 heteroatoms. The number of carbonyl (C=O) groups is 2. The van der Waals surface area contributed by atoms with Gasteiger partial charge >= 0.3 is 11.4 Å². The average Bonchev–Trinajstić information content (AvgIpc) is 3.28. The molecule has 3 heterocycles. The van der Waals surface area contributed by atoms with Gasteiger partial charge in [-0.15, -0.1) is 29.8 Å². The number of para-hydroxylation sites is 2. The minimum Gasteiger partial charge on any atom is -0.507 e. The maximum atomic E-state index is 13.9. The standard InChI is InChI=1S/C28H23BrCl2N4O5/c1-2-7-16-8-6-11-19(22(16)36)21-18-12-13-33-25(39)34(17-9-4-3-5-10-17)26(40)35(33)20(18)14-27(30)23(37)32(15-29)24(38)28(21,27)31/h2-6,8-12,20-21,36H,1,7,13-15H2/t20-,21-,27-,28+/m1/s1. The zero-order valence-corrected chi connectivity index (χ0v) is 24.1. The molecular formula is C28H23BrCl2N4O5. The molecule has 1 aliphatic carbocycles. The van der Waals surface area contributed by atoms with Gasteiger partial charge in [0.2, 0.25) is 0 Å². The number of phenolic OH excluding ortho intramolecular Hbond substituents is 1. The number of nitrogens with zero attached hydrogens (tertiary/aromatic N) is 4. The number of amides is 2. The van der Waals surface area contributed by atoms with Crippen molar-refractivity contribution in [1.82, 2.24) is 18.8 Å². The Kier molecular flexibility index (Phi) is 6.28. The lowest BCUT2D eigenvalue weighted by Crippen LogP contribution is -2.59. The minimum atomic E-state index is -2.01. The Bertz CT molecular complexity index is 1750. The Hall–Kier alpha value is -3.34. The number of carbonyl (C=O) groups excluding carboxylic acids is 2. The second kappa shape index (κ2) is 9.36. The Balaban J connectivity index is 1.63. The fourth-order valence-electron chi connectivity index (χ4n) is 6.32. The van der Waals surface area contributed by atoms with Gasteiger partial charge in [0.25, 0.3) is 11.8 Å². The number of rotatable bonds is 5. The van der Waals surface area contributed by atoms with Crippen LogP contribution in [0.2, 0.25) is 0 Å². The lowest BCUT2D eigenvalue weighted by Gasteiger charge is -2.49. The van der Waals surface area contributed by atoms with Gasteiger partial charge in [-0.25, -0.2) is 23.5 Å². The number of fused-ring (bicyclic) bond motifs is 4. The number of halogens is 3. The van der Waals surface area contributed by atoms with Gasteiger partial charge in [-0.1, -0.05) is 64.5 Å². The van der Waals surface area contributed by atoms with E-state index in [1.54, 1.807) is 60.7 Å². The second-order valence-corrected chi connectivity index (χ2v) is 11.8. The van der Waals surface area contributed by atoms with Crippen LogP contribution in [0.5, 0.6) is 5.75 Å². The summed E-state index contributed by atoms with van der Waals surface area (Å²) in [6.45, 7) is 3.75. The summed E-state index contributed by atoms with van der Waals surface area (Å²) in [6, 6.07) is 12.7. The topological polar surface area (TPSA) is 107 Å². The van der Waals surface area contributed by atoms with Crippen molar-refractivity contribution in [3.8, 4) is 11.4 Å². The van der Waals surface area contributed by atoms with Gasteiger partial charge in [0.1, 0.15) is 5.75 Å². The van der Waals surface area contributed by atoms with E-state index in [9.17, 15) is 24.3 Å². The van der Waals surface area contributed by atoms with E-state index in [-0.39, 0.29) is 24.2 Å². The minimum absolute atomic E-state index is 0.00982. The highest BCUT2D eigenvalue weighted by Crippen LogP contribution is 2.64. The predicted octanol–water partition coefficient (Wildman–Crippen LogP) is 3.58. The highest BCUT2D eigenvalue weighted by molar-refractivity contribution is 9.09. The van der Waals surface area contributed by atoms with Crippen molar-refractivity contribution in [1.29, 1.82) is 0 Å². The smallest absolute Gasteiger partial charge is 0.352 e. The Morgan fingerprint density at radius 2 is 1.75 bits per heavy atom. The summed E-state index contributed by atoms with van der Waals surface area (Å²) in [4.78, 5) is 51.8. The molecule has 1 saturated carbocycles. The molecule has 0 bridgehead atoms. The van der Waals surface area contributed by atoms with Crippen LogP contribution < -0.4 is 11.4 Å². The van der Waals surface area contributed by atoms with Crippen LogP contribution in [0.1, 0.15) is 29.5 Å². The van der Waals surface area contributed by atoms with Gasteiger partial charge in [0.05, 0.1) is 23.7 Å². The summed E-state index contributed by atoms with van der Waals surface area (Å²) in [5.74, 6) is -2.62. The number of hydrogen-bond donors (Lipinski definition) is 1. The molecule has 4 atom stereocenters. The molecular weight excluding hydrogens is 623 g/mol. The van der Waals surface area contributed by atoms with Crippen molar-refractivity contribution in [2.75, 3.05) is 5.45 Å². The largest absolute Gasteiger partial charge is 0.507 e. The van der Waals surface area contributed by atoms with Crippen molar-refractivity contribution in [2.24, 2.45) is 0 Å². The zero-order chi connectivity index (χ0) is 28.6. The van der Waals surface area contributed by atoms with E-state index in [0.29, 0.717) is 28.8 Å². The first-order valence-electron chi connectivity index (χ1n) is 12.5. The van der Waals surface area contributed by atoms with Crippen molar-refractivity contribution >= 4 is 50.9 Å². The first-order valence-corrected chi connectivity index (χ1v) is 14.4. The maximum Gasteiger partial charge on any atom is 0.352 e. The molecule has 9 nitrogen and oxygen atoms in total. The van der Waals surface area contributed by atoms with Gasteiger partial charge < -0.3 is 5.11 Å². The van der Waals surface area contributed by atoms with Gasteiger partial charge in [-0.2, -0.15) is 0 Å². The molecule has 1 N–H and O–H groups in total. The Morgan fingerprint density at radius 3 is 2.42 bits per heavy atom. The monoisotopic (exact) mass is 644 g/mol. The summed E-state index contributed by atoms with van der Waals surface area (Å²) in [5.41, 5.74) is 0.432. The van der Waals surface area contributed by atoms with Crippen LogP contribution in [0.3, 0.4) is 0 Å². The number of hydrogen-bond acceptors (Lipinski definition) is 5. The van der Waals surface area contributed by atoms with Crippen LogP contribution in [0.25, 0.3) is 5.69 Å². The van der Waals surface area contributed by atoms with Crippen LogP contribution in [0.4, 0.5) is 0 Å². The molecule has 3 aromatic rings. The van der Waals surface area contributed by atoms with Gasteiger partial charge in [-0.05, 0) is 29.7 Å². The van der Waals surface area contributed by atoms with Crippen molar-refractivity contribution < 1.29 is 14.7 Å². The number of allylic oxidation sites excluding steroid dienone is 3. The molecule has 206 valence electrons. The van der Waals surface area contributed by atoms with Crippen LogP contribution in [-0.4, -0.2) is 51.0 Å². The molecule has 2 aromatic carbocycles. The molecule has 40 heavy (non-hydrogen) atoms. The quantitative estimate of drug-likeness (QED) is 0.198. The number of alkyl halides is 3. The molecule has 6 rings (SSSR count). The van der Waals surface area contributed by atoms with Crippen LogP contribution in [0.15, 0.2) is 82.4 Å². The highest BCUT2D eigenvalue weighted by atomic mass is 79.9. The van der Waals surface area contributed by atoms with Gasteiger partial charge in [-0.3, -0.25) is 14.5 Å². The van der Waals surface area contributed by atoms with E-state index < -0.39 is 44.9 Å². The number of benzene rings is 2. The third-order valence-corrected chi connectivity index (χ3v) is 10.0. The van der Waals surface area contributed by atoms with E-state index >= 15 is 0 Å². The fraction of sp³-hybridized carbons (Fsp3) is 0.286. The van der Waals surface area contributed by atoms with Crippen molar-refractivity contribution in [3.05, 3.63) is 105 Å². The predicted molar refractivity (Wildman–Crippen MR) is 154 cm³/mol. The lowest BCUT2D eigenvalue weighted by molar-refractivity contribution is -0.138. The molecule has 2 aliphatic heterocycles. The van der Waals surface area contributed by atoms with Crippen molar-refractivity contribution in [2.45, 2.75) is 41.1 Å². The summed E-state index contributed by atoms with van der Waals surface area (Å²) < 4.78 is 3.64. The summed E-state index contributed by atoms with van der Waals surface area (Å²) >= 11 is 17.6. The number of aromatic hydroxyl groups is 1. The van der Waals surface area contributed by atoms with Gasteiger partial charge in [0, 0.05) is 17.9 Å². The number of phenols is 1. The number of aromatic nitrogens is 3. The number of likely N-dealkylation sites (tertiary alicyclic amines) is 1. The summed E-state index contributed by atoms with van der Waals surface area (Å²) in [6.07, 6.45) is 3.49. The molecule has 0 radical (unpaired) electrons. The Labute approximate surface area is 246 Å². The van der Waals surface area contributed by atoms with Crippen LogP contribution in [0, 0.1) is 0 Å². The molecule has 0 unspecified atom stereocenters. The number of imide groups is 1. The fourth-order valence-corrected chi connectivity index (χ4v) is 7.72.